The number of benzene rings is 2. The quantitative estimate of drug-likeness (QED) is 0.256. The summed E-state index contributed by atoms with van der Waals surface area (Å²) in [6, 6.07) is 16.3. The minimum Gasteiger partial charge on any atom is -0.471 e. The van der Waals surface area contributed by atoms with E-state index < -0.39 is 0 Å². The van der Waals surface area contributed by atoms with E-state index in [-0.39, 0.29) is 18.7 Å². The van der Waals surface area contributed by atoms with Crippen LogP contribution in [0.15, 0.2) is 53.5 Å². The highest BCUT2D eigenvalue weighted by atomic mass is 19.1. The van der Waals surface area contributed by atoms with E-state index in [2.05, 4.69) is 78.9 Å². The number of methoxy groups -OCH3 is 1. The standard InChI is InChI=1S/C32H42FN3.C2H4O2.C2H6.H2/c1-5-8-30(28-9-6-7-10-29(28)33)35-31-15-19-32(2,3)27(16-20-34-31)23-24-11-13-25(14-12-24)26-17-21-36(4)22-18-26;1-4-2-3;1-2;/h6-7,9-14,26-27,30H,5,8,16-18,20-23H2,1-4H3,(H,34,35);2H,1H3;1-2H3;1H/t27?,30-;;;/m0.../s1. The highest BCUT2D eigenvalue weighted by molar-refractivity contribution is 5.99. The molecule has 2 aliphatic rings. The second-order valence-corrected chi connectivity index (χ2v) is 11.5. The molecule has 1 fully saturated rings. The molecule has 232 valence electrons. The lowest BCUT2D eigenvalue weighted by Crippen LogP contribution is -2.32. The van der Waals surface area contributed by atoms with Crippen LogP contribution in [0.25, 0.3) is 0 Å². The van der Waals surface area contributed by atoms with Crippen LogP contribution in [0.4, 0.5) is 4.39 Å². The van der Waals surface area contributed by atoms with Crippen LogP contribution in [0, 0.1) is 29.0 Å². The summed E-state index contributed by atoms with van der Waals surface area (Å²) in [7, 11) is 3.53. The Balaban J connectivity index is 0.00000122. The van der Waals surface area contributed by atoms with Crippen LogP contribution < -0.4 is 5.32 Å². The van der Waals surface area contributed by atoms with Crippen LogP contribution in [0.5, 0.6) is 0 Å². The summed E-state index contributed by atoms with van der Waals surface area (Å²) >= 11 is 0. The number of nitrogens with zero attached hydrogens (tertiary/aromatic N) is 2. The highest BCUT2D eigenvalue weighted by Crippen LogP contribution is 2.34. The summed E-state index contributed by atoms with van der Waals surface area (Å²) in [6.07, 6.45) is 6.30. The van der Waals surface area contributed by atoms with Crippen LogP contribution in [0.2, 0.25) is 0 Å². The maximum Gasteiger partial charge on any atom is 0.292 e. The monoisotopic (exact) mass is 579 g/mol. The van der Waals surface area contributed by atoms with Gasteiger partial charge in [0, 0.05) is 18.9 Å². The largest absolute Gasteiger partial charge is 0.471 e. The molecule has 1 unspecified atom stereocenters. The zero-order chi connectivity index (χ0) is 31.0. The van der Waals surface area contributed by atoms with Crippen LogP contribution in [0.1, 0.15) is 96.8 Å². The molecule has 4 rings (SSSR count). The maximum absolute atomic E-state index is 14.5. The van der Waals surface area contributed by atoms with Crippen molar-refractivity contribution in [2.75, 3.05) is 33.8 Å². The third-order valence-electron chi connectivity index (χ3n) is 8.19. The van der Waals surface area contributed by atoms with E-state index in [0.29, 0.717) is 29.7 Å². The van der Waals surface area contributed by atoms with Crippen molar-refractivity contribution in [2.24, 2.45) is 16.3 Å². The van der Waals surface area contributed by atoms with Gasteiger partial charge >= 0.3 is 0 Å². The first-order chi connectivity index (χ1) is 20.3. The molecule has 42 heavy (non-hydrogen) atoms. The van der Waals surface area contributed by atoms with Gasteiger partial charge in [0.1, 0.15) is 5.82 Å². The molecule has 0 aliphatic carbocycles. The third kappa shape index (κ3) is 10.9. The summed E-state index contributed by atoms with van der Waals surface area (Å²) in [4.78, 5) is 16.2. The minimum atomic E-state index is -0.176. The van der Waals surface area contributed by atoms with Gasteiger partial charge in [0.2, 0.25) is 0 Å². The van der Waals surface area contributed by atoms with Crippen molar-refractivity contribution in [3.63, 3.8) is 0 Å². The molecular formula is C36H54FN3O2. The Morgan fingerprint density at radius 2 is 1.79 bits per heavy atom. The predicted molar refractivity (Wildman–Crippen MR) is 175 cm³/mol. The number of carbonyl (C=O) groups excluding carboxylic acids is 1. The van der Waals surface area contributed by atoms with E-state index in [1.165, 1.54) is 50.2 Å². The van der Waals surface area contributed by atoms with Gasteiger partial charge in [-0.2, -0.15) is 0 Å². The summed E-state index contributed by atoms with van der Waals surface area (Å²) in [5, 5.41) is 3.46. The molecule has 0 spiro atoms. The van der Waals surface area contributed by atoms with Gasteiger partial charge in [-0.05, 0) is 101 Å². The van der Waals surface area contributed by atoms with Gasteiger partial charge in [0.15, 0.2) is 5.84 Å². The minimum absolute atomic E-state index is 0. The van der Waals surface area contributed by atoms with Crippen LogP contribution >= 0.6 is 0 Å². The third-order valence-corrected chi connectivity index (χ3v) is 8.19. The van der Waals surface area contributed by atoms with Gasteiger partial charge in [-0.3, -0.25) is 9.79 Å². The zero-order valence-corrected chi connectivity index (χ0v) is 26.9. The van der Waals surface area contributed by atoms with Crippen molar-refractivity contribution >= 4 is 12.3 Å². The molecule has 5 nitrogen and oxygen atoms in total. The molecule has 1 N–H and O–H groups in total. The molecule has 0 aromatic heterocycles. The van der Waals surface area contributed by atoms with Gasteiger partial charge in [0.25, 0.3) is 6.47 Å². The average molecular weight is 580 g/mol. The number of amidine groups is 1. The number of halogens is 1. The predicted octanol–water partition coefficient (Wildman–Crippen LogP) is 7.82. The van der Waals surface area contributed by atoms with Crippen molar-refractivity contribution in [2.45, 2.75) is 85.1 Å². The Bertz CT molecular complexity index is 1170. The Morgan fingerprint density at radius 1 is 1.14 bits per heavy atom. The number of ether oxygens (including phenoxy) is 1. The van der Waals surface area contributed by atoms with E-state index in [1.807, 2.05) is 26.0 Å². The normalized spacial score (nSPS) is 19.0. The van der Waals surface area contributed by atoms with Crippen LogP contribution in [-0.2, 0) is 16.0 Å². The molecule has 2 atom stereocenters. The lowest BCUT2D eigenvalue weighted by molar-refractivity contribution is -0.126. The summed E-state index contributed by atoms with van der Waals surface area (Å²) < 4.78 is 18.3. The molecule has 0 amide bonds. The fourth-order valence-corrected chi connectivity index (χ4v) is 5.56. The van der Waals surface area contributed by atoms with Crippen LogP contribution in [0.3, 0.4) is 0 Å². The first-order valence-electron chi connectivity index (χ1n) is 15.6. The zero-order valence-electron chi connectivity index (χ0n) is 26.9. The number of aliphatic imine (C=N–C) groups is 1. The van der Waals surface area contributed by atoms with E-state index in [0.717, 1.165) is 32.2 Å². The molecule has 0 bridgehead atoms. The second-order valence-electron chi connectivity index (χ2n) is 11.5. The van der Waals surface area contributed by atoms with Gasteiger partial charge in [0.05, 0.1) is 13.2 Å². The molecule has 1 saturated heterocycles. The molecule has 2 aromatic rings. The molecule has 2 aromatic carbocycles. The molecule has 0 radical (unpaired) electrons. The molecule has 0 saturated carbocycles. The van der Waals surface area contributed by atoms with Crippen molar-refractivity contribution in [1.82, 2.24) is 10.2 Å². The van der Waals surface area contributed by atoms with E-state index >= 15 is 0 Å². The van der Waals surface area contributed by atoms with Gasteiger partial charge in [-0.15, -0.1) is 0 Å². The van der Waals surface area contributed by atoms with E-state index in [4.69, 9.17) is 9.79 Å². The first kappa shape index (κ1) is 35.0. The number of likely N-dealkylation sites (tertiary alicyclic amines) is 1. The average Bonchev–Trinajstić information content (AvgIpc) is 3.00. The number of carbonyl (C=O) groups is 1. The summed E-state index contributed by atoms with van der Waals surface area (Å²) in [5.41, 5.74) is 3.43. The van der Waals surface area contributed by atoms with Gasteiger partial charge in [-0.25, -0.2) is 4.39 Å². The van der Waals surface area contributed by atoms with Crippen molar-refractivity contribution < 1.29 is 15.3 Å². The van der Waals surface area contributed by atoms with E-state index in [9.17, 15) is 4.39 Å². The Morgan fingerprint density at radius 3 is 2.38 bits per heavy atom. The lowest BCUT2D eigenvalue weighted by atomic mass is 9.74. The number of hydrogen-bond donors (Lipinski definition) is 1. The fourth-order valence-electron chi connectivity index (χ4n) is 5.56. The Labute approximate surface area is 255 Å². The van der Waals surface area contributed by atoms with Gasteiger partial charge < -0.3 is 15.0 Å². The molecule has 6 heteroatoms. The number of rotatable bonds is 8. The maximum atomic E-state index is 14.5. The number of hydrogen-bond acceptors (Lipinski definition) is 5. The molecule has 2 aliphatic heterocycles. The fraction of sp³-hybridized carbons (Fsp3) is 0.556. The van der Waals surface area contributed by atoms with Crippen molar-refractivity contribution in [3.05, 3.63) is 71.0 Å². The SMILES string of the molecule is CC.CCC[C@H](NC1=NCCC(Cc2ccc(C3CCN(C)CC3)cc2)C(C)(C)C#C1)c1ccccc1F.COC=O.[HH]. The van der Waals surface area contributed by atoms with Gasteiger partial charge in [-0.1, -0.05) is 75.6 Å². The second kappa shape index (κ2) is 18.4. The summed E-state index contributed by atoms with van der Waals surface area (Å²) in [5.74, 6) is 8.48. The number of piperidine rings is 1. The molecule has 2 heterocycles. The highest BCUT2D eigenvalue weighted by Gasteiger charge is 2.29. The smallest absolute Gasteiger partial charge is 0.292 e. The van der Waals surface area contributed by atoms with Crippen molar-refractivity contribution in [3.8, 4) is 11.8 Å². The Hall–Kier alpha value is -3.17. The molecular weight excluding hydrogens is 525 g/mol. The number of nitrogens with one attached hydrogen (secondary N) is 1. The van der Waals surface area contributed by atoms with Crippen molar-refractivity contribution in [1.29, 1.82) is 0 Å². The topological polar surface area (TPSA) is 53.9 Å². The Kier molecular flexibility index (Phi) is 15.3. The van der Waals surface area contributed by atoms with E-state index in [1.54, 1.807) is 6.07 Å². The van der Waals surface area contributed by atoms with Crippen LogP contribution in [-0.4, -0.2) is 51.0 Å². The first-order valence-corrected chi connectivity index (χ1v) is 15.6. The lowest BCUT2D eigenvalue weighted by Gasteiger charge is -2.31. The summed E-state index contributed by atoms with van der Waals surface area (Å²) in [6.45, 7) is 14.1.